The first-order chi connectivity index (χ1) is 19.5. The summed E-state index contributed by atoms with van der Waals surface area (Å²) in [7, 11) is -3.46. The molecule has 1 aromatic carbocycles. The summed E-state index contributed by atoms with van der Waals surface area (Å²) in [4.78, 5) is 15.3. The van der Waals surface area contributed by atoms with E-state index in [9.17, 15) is 13.2 Å². The van der Waals surface area contributed by atoms with Crippen molar-refractivity contribution in [3.05, 3.63) is 40.5 Å². The summed E-state index contributed by atoms with van der Waals surface area (Å²) in [6.45, 7) is 8.00. The Kier molecular flexibility index (Phi) is 7.70. The number of amides is 1. The normalized spacial score (nSPS) is 25.1. The Balaban J connectivity index is 1.26. The lowest BCUT2D eigenvalue weighted by Crippen LogP contribution is -2.33. The van der Waals surface area contributed by atoms with Gasteiger partial charge in [0.1, 0.15) is 5.82 Å². The van der Waals surface area contributed by atoms with E-state index >= 15 is 4.39 Å². The number of sulfone groups is 1. The fourth-order valence-electron chi connectivity index (χ4n) is 7.62. The number of hydrogen-bond acceptors (Lipinski definition) is 6. The van der Waals surface area contributed by atoms with E-state index in [-0.39, 0.29) is 23.5 Å². The van der Waals surface area contributed by atoms with Crippen molar-refractivity contribution in [2.24, 2.45) is 11.1 Å². The Labute approximate surface area is 242 Å². The monoisotopic (exact) mass is 586 g/mol. The van der Waals surface area contributed by atoms with Crippen molar-refractivity contribution in [3.63, 3.8) is 0 Å². The van der Waals surface area contributed by atoms with Crippen molar-refractivity contribution >= 4 is 21.4 Å². The third-order valence-corrected chi connectivity index (χ3v) is 11.6. The zero-order chi connectivity index (χ0) is 28.9. The van der Waals surface area contributed by atoms with E-state index in [1.54, 1.807) is 6.07 Å². The van der Waals surface area contributed by atoms with Crippen LogP contribution in [0, 0.1) is 11.2 Å². The molecular weight excluding hydrogens is 543 g/mol. The van der Waals surface area contributed by atoms with Gasteiger partial charge in [0.15, 0.2) is 9.84 Å². The number of nitrogens with one attached hydrogen (secondary N) is 1. The second-order valence-electron chi connectivity index (χ2n) is 13.2. The predicted molar refractivity (Wildman–Crippen MR) is 157 cm³/mol. The van der Waals surface area contributed by atoms with Crippen LogP contribution in [0.5, 0.6) is 0 Å². The highest BCUT2D eigenvalue weighted by atomic mass is 32.2. The number of fused-ring (bicyclic) bond motifs is 3. The van der Waals surface area contributed by atoms with Crippen LogP contribution in [0.4, 0.5) is 10.1 Å². The molecule has 1 saturated carbocycles. The second kappa shape index (κ2) is 11.0. The largest absolute Gasteiger partial charge is 0.382 e. The Morgan fingerprint density at radius 2 is 1.83 bits per heavy atom. The Bertz CT molecular complexity index is 1440. The molecule has 3 heterocycles. The van der Waals surface area contributed by atoms with E-state index < -0.39 is 27.0 Å². The van der Waals surface area contributed by atoms with Crippen molar-refractivity contribution in [3.8, 4) is 5.69 Å². The van der Waals surface area contributed by atoms with Crippen molar-refractivity contribution in [1.29, 1.82) is 0 Å². The van der Waals surface area contributed by atoms with Gasteiger partial charge in [0, 0.05) is 24.0 Å². The molecule has 1 amide bonds. The Morgan fingerprint density at radius 3 is 2.54 bits per heavy atom. The van der Waals surface area contributed by atoms with Crippen LogP contribution < -0.4 is 11.1 Å². The molecule has 0 atom stereocenters. The van der Waals surface area contributed by atoms with Crippen molar-refractivity contribution < 1.29 is 22.3 Å². The number of carbonyl (C=O) groups is 1. The molecule has 0 bridgehead atoms. The average Bonchev–Trinajstić information content (AvgIpc) is 3.61. The highest BCUT2D eigenvalue weighted by molar-refractivity contribution is 7.91. The Morgan fingerprint density at radius 1 is 1.10 bits per heavy atom. The average molecular weight is 587 g/mol. The first-order valence-corrected chi connectivity index (χ1v) is 16.9. The lowest BCUT2D eigenvalue weighted by Gasteiger charge is -2.32. The van der Waals surface area contributed by atoms with Gasteiger partial charge < -0.3 is 25.3 Å². The number of ether oxygens (including phenoxy) is 1. The SMILES string of the molecule is CC1(C)Cc2c(c3c(n2-c2cc(F)c(C(N)=O)c(NC4CCC(OCCN5CCCC5)CC4)c2)CCC3)S(=O)(=O)C1. The molecule has 2 aliphatic heterocycles. The van der Waals surface area contributed by atoms with Gasteiger partial charge in [-0.05, 0) is 100 Å². The van der Waals surface area contributed by atoms with Crippen LogP contribution >= 0.6 is 0 Å². The number of primary amides is 1. The van der Waals surface area contributed by atoms with Gasteiger partial charge in [0.2, 0.25) is 0 Å². The summed E-state index contributed by atoms with van der Waals surface area (Å²) < 4.78 is 50.6. The molecule has 0 radical (unpaired) electrons. The standard InChI is InChI=1S/C31H43FN4O4S/c1-31(2)18-27-29(41(38,39)19-31)23-6-5-7-26(23)36(27)21-16-24(32)28(30(33)37)25(17-21)34-20-8-10-22(11-9-20)40-15-14-35-12-3-4-13-35/h16-17,20,22,34H,3-15,18-19H2,1-2H3,(H2,33,37). The molecule has 6 rings (SSSR count). The van der Waals surface area contributed by atoms with Crippen molar-refractivity contribution in [2.45, 2.75) is 95.1 Å². The Hall–Kier alpha value is -2.43. The third-order valence-electron chi connectivity index (χ3n) is 9.38. The molecule has 4 aliphatic rings. The number of hydrogen-bond donors (Lipinski definition) is 2. The van der Waals surface area contributed by atoms with Crippen molar-refractivity contribution in [1.82, 2.24) is 9.47 Å². The quantitative estimate of drug-likeness (QED) is 0.475. The first-order valence-electron chi connectivity index (χ1n) is 15.2. The van der Waals surface area contributed by atoms with Gasteiger partial charge in [-0.2, -0.15) is 0 Å². The van der Waals surface area contributed by atoms with Gasteiger partial charge in [-0.1, -0.05) is 13.8 Å². The van der Waals surface area contributed by atoms with Gasteiger partial charge in [0.05, 0.1) is 40.3 Å². The molecular formula is C31H43FN4O4S. The molecule has 10 heteroatoms. The summed E-state index contributed by atoms with van der Waals surface area (Å²) >= 11 is 0. The maximum Gasteiger partial charge on any atom is 0.253 e. The van der Waals surface area contributed by atoms with E-state index in [0.29, 0.717) is 29.1 Å². The topological polar surface area (TPSA) is 107 Å². The fraction of sp³-hybridized carbons (Fsp3) is 0.645. The fourth-order valence-corrected chi connectivity index (χ4v) is 10.0. The van der Waals surface area contributed by atoms with Crippen molar-refractivity contribution in [2.75, 3.05) is 37.3 Å². The van der Waals surface area contributed by atoms with E-state index in [2.05, 4.69) is 10.2 Å². The highest BCUT2D eigenvalue weighted by Crippen LogP contribution is 2.45. The summed E-state index contributed by atoms with van der Waals surface area (Å²) in [5, 5.41) is 3.44. The molecule has 1 aromatic heterocycles. The van der Waals surface area contributed by atoms with Crippen LogP contribution in [-0.4, -0.2) is 67.9 Å². The number of nitrogens with two attached hydrogens (primary N) is 1. The zero-order valence-corrected chi connectivity index (χ0v) is 25.1. The number of aromatic nitrogens is 1. The number of carbonyl (C=O) groups excluding carboxylic acids is 1. The summed E-state index contributed by atoms with van der Waals surface area (Å²) in [6, 6.07) is 3.18. The van der Waals surface area contributed by atoms with Crippen LogP contribution in [0.15, 0.2) is 17.0 Å². The number of anilines is 1. The van der Waals surface area contributed by atoms with Crippen LogP contribution in [0.25, 0.3) is 5.69 Å². The molecule has 224 valence electrons. The zero-order valence-electron chi connectivity index (χ0n) is 24.3. The molecule has 8 nitrogen and oxygen atoms in total. The lowest BCUT2D eigenvalue weighted by molar-refractivity contribution is 0.0170. The minimum atomic E-state index is -3.46. The lowest BCUT2D eigenvalue weighted by atomic mass is 9.89. The molecule has 2 aromatic rings. The molecule has 3 N–H and O–H groups in total. The van der Waals surface area contributed by atoms with Crippen LogP contribution in [0.2, 0.25) is 0 Å². The minimum absolute atomic E-state index is 0.0600. The number of likely N-dealkylation sites (tertiary alicyclic amines) is 1. The van der Waals surface area contributed by atoms with Gasteiger partial charge in [-0.15, -0.1) is 0 Å². The molecule has 2 fully saturated rings. The predicted octanol–water partition coefficient (Wildman–Crippen LogP) is 4.40. The van der Waals surface area contributed by atoms with Gasteiger partial charge in [-0.3, -0.25) is 4.79 Å². The van der Waals surface area contributed by atoms with E-state index in [4.69, 9.17) is 10.5 Å². The number of nitrogens with zero attached hydrogens (tertiary/aromatic N) is 2. The third kappa shape index (κ3) is 5.67. The molecule has 0 unspecified atom stereocenters. The van der Waals surface area contributed by atoms with Gasteiger partial charge >= 0.3 is 0 Å². The van der Waals surface area contributed by atoms with Crippen LogP contribution in [0.3, 0.4) is 0 Å². The van der Waals surface area contributed by atoms with Crippen LogP contribution in [-0.2, 0) is 33.8 Å². The van der Waals surface area contributed by atoms with E-state index in [0.717, 1.165) is 68.6 Å². The minimum Gasteiger partial charge on any atom is -0.382 e. The number of benzene rings is 1. The first kappa shape index (κ1) is 28.7. The molecule has 0 spiro atoms. The summed E-state index contributed by atoms with van der Waals surface area (Å²) in [5.41, 5.74) is 8.55. The van der Waals surface area contributed by atoms with Gasteiger partial charge in [0.25, 0.3) is 5.91 Å². The molecule has 1 saturated heterocycles. The number of halogens is 1. The van der Waals surface area contributed by atoms with Crippen LogP contribution in [0.1, 0.15) is 86.1 Å². The smallest absolute Gasteiger partial charge is 0.253 e. The summed E-state index contributed by atoms with van der Waals surface area (Å²) in [6.07, 6.45) is 9.16. The number of rotatable bonds is 8. The van der Waals surface area contributed by atoms with E-state index in [1.807, 2.05) is 18.4 Å². The van der Waals surface area contributed by atoms with E-state index in [1.165, 1.54) is 32.0 Å². The highest BCUT2D eigenvalue weighted by Gasteiger charge is 2.42. The molecule has 41 heavy (non-hydrogen) atoms. The van der Waals surface area contributed by atoms with Gasteiger partial charge in [-0.25, -0.2) is 12.8 Å². The maximum atomic E-state index is 15.6. The second-order valence-corrected chi connectivity index (χ2v) is 15.2. The maximum absolute atomic E-state index is 15.6. The molecule has 2 aliphatic carbocycles. The summed E-state index contributed by atoms with van der Waals surface area (Å²) in [5.74, 6) is -1.40.